The lowest BCUT2D eigenvalue weighted by Crippen LogP contribution is -2.16. The molecule has 2 heterocycles. The van der Waals surface area contributed by atoms with E-state index < -0.39 is 34.5 Å². The molecular formula is C9H3F6N3. The summed E-state index contributed by atoms with van der Waals surface area (Å²) in [5.74, 6) is 0. The smallest absolute Gasteiger partial charge is 0.264 e. The molecule has 0 aliphatic rings. The van der Waals surface area contributed by atoms with Gasteiger partial charge in [0, 0.05) is 23.2 Å². The highest BCUT2D eigenvalue weighted by Crippen LogP contribution is 2.37. The van der Waals surface area contributed by atoms with E-state index in [2.05, 4.69) is 15.2 Å². The molecule has 0 N–H and O–H groups in total. The third-order valence-corrected chi connectivity index (χ3v) is 2.12. The van der Waals surface area contributed by atoms with Gasteiger partial charge in [-0.25, -0.2) is 0 Å². The molecular weight excluding hydrogens is 264 g/mol. The molecule has 3 nitrogen and oxygen atoms in total. The summed E-state index contributed by atoms with van der Waals surface area (Å²) in [4.78, 5) is 3.38. The first-order valence-electron chi connectivity index (χ1n) is 4.46. The van der Waals surface area contributed by atoms with Gasteiger partial charge in [0.2, 0.25) is 0 Å². The fourth-order valence-electron chi connectivity index (χ4n) is 1.42. The Morgan fingerprint density at radius 1 is 0.778 bits per heavy atom. The zero-order chi connectivity index (χ0) is 13.6. The minimum absolute atomic E-state index is 0.681. The summed E-state index contributed by atoms with van der Waals surface area (Å²) in [6.07, 6.45) is -8.13. The summed E-state index contributed by atoms with van der Waals surface area (Å²) in [7, 11) is 0. The van der Waals surface area contributed by atoms with Gasteiger partial charge in [0.25, 0.3) is 0 Å². The van der Waals surface area contributed by atoms with Crippen molar-refractivity contribution in [3.8, 4) is 0 Å². The Morgan fingerprint density at radius 3 is 1.78 bits per heavy atom. The van der Waals surface area contributed by atoms with Crippen LogP contribution in [-0.4, -0.2) is 15.2 Å². The third-order valence-electron chi connectivity index (χ3n) is 2.12. The van der Waals surface area contributed by atoms with Crippen molar-refractivity contribution in [3.05, 3.63) is 29.8 Å². The number of nitrogens with zero attached hydrogens (tertiary/aromatic N) is 3. The second kappa shape index (κ2) is 3.79. The Hall–Kier alpha value is -1.93. The molecule has 2 rings (SSSR count). The van der Waals surface area contributed by atoms with E-state index in [1.807, 2.05) is 0 Å². The zero-order valence-electron chi connectivity index (χ0n) is 8.34. The molecule has 9 heteroatoms. The summed E-state index contributed by atoms with van der Waals surface area (Å²) in [5.41, 5.74) is -2.95. The van der Waals surface area contributed by atoms with Crippen molar-refractivity contribution in [3.63, 3.8) is 0 Å². The van der Waals surface area contributed by atoms with E-state index in [1.54, 1.807) is 0 Å². The van der Waals surface area contributed by atoms with Gasteiger partial charge in [-0.05, 0) is 6.07 Å². The summed E-state index contributed by atoms with van der Waals surface area (Å²) in [5, 5.41) is 3.82. The van der Waals surface area contributed by atoms with Crippen LogP contribution in [0.5, 0.6) is 0 Å². The Balaban J connectivity index is 2.83. The molecule has 0 aliphatic heterocycles. The second-order valence-corrected chi connectivity index (χ2v) is 3.31. The van der Waals surface area contributed by atoms with Crippen molar-refractivity contribution in [2.75, 3.05) is 0 Å². The first kappa shape index (κ1) is 12.5. The quantitative estimate of drug-likeness (QED) is 0.688. The number of halogens is 6. The van der Waals surface area contributed by atoms with Gasteiger partial charge in [0.15, 0.2) is 11.4 Å². The van der Waals surface area contributed by atoms with Gasteiger partial charge >= 0.3 is 12.4 Å². The number of hydrogen-bond acceptors (Lipinski definition) is 3. The molecule has 0 radical (unpaired) electrons. The molecule has 18 heavy (non-hydrogen) atoms. The number of rotatable bonds is 0. The largest absolute Gasteiger partial charge is 0.435 e. The Kier molecular flexibility index (Phi) is 2.63. The fraction of sp³-hybridized carbons (Fsp3) is 0.222. The van der Waals surface area contributed by atoms with Crippen molar-refractivity contribution in [2.45, 2.75) is 12.4 Å². The standard InChI is InChI=1S/C9H3F6N3/c10-8(11,12)6-4-1-2-16-3-5(4)7(18-17-6)9(13,14)15/h1-3H. The Bertz CT molecular complexity index is 536. The van der Waals surface area contributed by atoms with Crippen molar-refractivity contribution >= 4 is 10.8 Å². The lowest BCUT2D eigenvalue weighted by Gasteiger charge is -2.12. The predicted octanol–water partition coefficient (Wildman–Crippen LogP) is 3.06. The number of hydrogen-bond donors (Lipinski definition) is 0. The lowest BCUT2D eigenvalue weighted by molar-refractivity contribution is -0.145. The molecule has 0 unspecified atom stereocenters. The zero-order valence-corrected chi connectivity index (χ0v) is 8.34. The minimum Gasteiger partial charge on any atom is -0.264 e. The molecule has 96 valence electrons. The molecule has 0 aliphatic carbocycles. The molecule has 0 saturated heterocycles. The fourth-order valence-corrected chi connectivity index (χ4v) is 1.42. The molecule has 2 aromatic heterocycles. The summed E-state index contributed by atoms with van der Waals surface area (Å²) < 4.78 is 75.2. The van der Waals surface area contributed by atoms with Gasteiger partial charge in [-0.15, -0.1) is 10.2 Å². The highest BCUT2D eigenvalue weighted by Gasteiger charge is 2.40. The van der Waals surface area contributed by atoms with Crippen LogP contribution in [0.15, 0.2) is 18.5 Å². The second-order valence-electron chi connectivity index (χ2n) is 3.31. The van der Waals surface area contributed by atoms with Crippen LogP contribution in [0.1, 0.15) is 11.4 Å². The molecule has 0 spiro atoms. The van der Waals surface area contributed by atoms with Crippen LogP contribution in [0.25, 0.3) is 10.8 Å². The van der Waals surface area contributed by atoms with E-state index in [4.69, 9.17) is 0 Å². The van der Waals surface area contributed by atoms with Crippen molar-refractivity contribution in [2.24, 2.45) is 0 Å². The maximum absolute atomic E-state index is 12.5. The Labute approximate surface area is 95.5 Å². The van der Waals surface area contributed by atoms with E-state index in [0.717, 1.165) is 12.3 Å². The van der Waals surface area contributed by atoms with Crippen LogP contribution in [-0.2, 0) is 12.4 Å². The summed E-state index contributed by atoms with van der Waals surface area (Å²) >= 11 is 0. The minimum atomic E-state index is -4.89. The monoisotopic (exact) mass is 267 g/mol. The van der Waals surface area contributed by atoms with Gasteiger partial charge in [0.05, 0.1) is 0 Å². The first-order chi connectivity index (χ1) is 8.21. The highest BCUT2D eigenvalue weighted by atomic mass is 19.4. The summed E-state index contributed by atoms with van der Waals surface area (Å²) in [6, 6.07) is 0.822. The van der Waals surface area contributed by atoms with Crippen molar-refractivity contribution in [1.82, 2.24) is 15.2 Å². The van der Waals surface area contributed by atoms with Gasteiger partial charge < -0.3 is 0 Å². The third kappa shape index (κ3) is 2.07. The van der Waals surface area contributed by atoms with Crippen molar-refractivity contribution in [1.29, 1.82) is 0 Å². The normalized spacial score (nSPS) is 13.0. The first-order valence-corrected chi connectivity index (χ1v) is 4.46. The van der Waals surface area contributed by atoms with Crippen molar-refractivity contribution < 1.29 is 26.3 Å². The van der Waals surface area contributed by atoms with E-state index in [1.165, 1.54) is 0 Å². The van der Waals surface area contributed by atoms with Gasteiger partial charge in [-0.1, -0.05) is 0 Å². The van der Waals surface area contributed by atoms with E-state index in [9.17, 15) is 26.3 Å². The van der Waals surface area contributed by atoms with Crippen LogP contribution in [0.3, 0.4) is 0 Å². The molecule has 0 aromatic carbocycles. The maximum Gasteiger partial charge on any atom is 0.435 e. The highest BCUT2D eigenvalue weighted by molar-refractivity contribution is 5.86. The molecule has 0 amide bonds. The van der Waals surface area contributed by atoms with Gasteiger partial charge in [-0.2, -0.15) is 26.3 Å². The average Bonchev–Trinajstić information content (AvgIpc) is 2.24. The summed E-state index contributed by atoms with van der Waals surface area (Å²) in [6.45, 7) is 0. The molecule has 0 bridgehead atoms. The van der Waals surface area contributed by atoms with E-state index >= 15 is 0 Å². The topological polar surface area (TPSA) is 38.7 Å². The van der Waals surface area contributed by atoms with Crippen LogP contribution in [0.4, 0.5) is 26.3 Å². The molecule has 2 aromatic rings. The predicted molar refractivity (Wildman–Crippen MR) is 47.3 cm³/mol. The van der Waals surface area contributed by atoms with Gasteiger partial charge in [-0.3, -0.25) is 4.98 Å². The van der Waals surface area contributed by atoms with E-state index in [-0.39, 0.29) is 0 Å². The number of aromatic nitrogens is 3. The molecule has 0 fully saturated rings. The SMILES string of the molecule is FC(F)(F)c1nnc(C(F)(F)F)c2cnccc12. The average molecular weight is 267 g/mol. The molecule has 0 atom stereocenters. The van der Waals surface area contributed by atoms with Crippen LogP contribution in [0.2, 0.25) is 0 Å². The lowest BCUT2D eigenvalue weighted by atomic mass is 10.1. The number of fused-ring (bicyclic) bond motifs is 1. The van der Waals surface area contributed by atoms with Crippen LogP contribution < -0.4 is 0 Å². The van der Waals surface area contributed by atoms with Crippen LogP contribution >= 0.6 is 0 Å². The maximum atomic E-state index is 12.5. The number of pyridine rings is 1. The number of alkyl halides is 6. The van der Waals surface area contributed by atoms with E-state index in [0.29, 0.717) is 6.20 Å². The molecule has 0 saturated carbocycles. The Morgan fingerprint density at radius 2 is 1.28 bits per heavy atom. The van der Waals surface area contributed by atoms with Crippen LogP contribution in [0, 0.1) is 0 Å². The van der Waals surface area contributed by atoms with Gasteiger partial charge in [0.1, 0.15) is 0 Å².